The first-order chi connectivity index (χ1) is 6.32. The van der Waals surface area contributed by atoms with Crippen LogP contribution < -0.4 is 5.49 Å². The van der Waals surface area contributed by atoms with E-state index < -0.39 is 11.8 Å². The quantitative estimate of drug-likeness (QED) is 0.547. The maximum atomic E-state index is 12.7. The van der Waals surface area contributed by atoms with Gasteiger partial charge in [0.1, 0.15) is 10.6 Å². The van der Waals surface area contributed by atoms with Crippen LogP contribution in [0.4, 0.5) is 8.78 Å². The third kappa shape index (κ3) is 2.14. The monoisotopic (exact) mass is 220 g/mol. The Labute approximate surface area is 83.1 Å². The third-order valence-corrected chi connectivity index (χ3v) is 1.63. The minimum atomic E-state index is -3.35. The van der Waals surface area contributed by atoms with Crippen LogP contribution in [-0.2, 0) is 0 Å². The molecule has 14 heavy (non-hydrogen) atoms. The summed E-state index contributed by atoms with van der Waals surface area (Å²) >= 11 is 5.45. The molecule has 1 aromatic rings. The summed E-state index contributed by atoms with van der Waals surface area (Å²) in [6, 6.07) is 2.48. The third-order valence-electron chi connectivity index (χ3n) is 1.43. The number of nitrogens with one attached hydrogen (secondary N) is 2. The molecule has 0 aliphatic carbocycles. The normalized spacial score (nSPS) is 11.4. The number of hydrogen-bond acceptors (Lipinski definition) is 3. The van der Waals surface area contributed by atoms with Crippen LogP contribution in [0.3, 0.4) is 0 Å². The molecule has 0 aromatic carbocycles. The van der Waals surface area contributed by atoms with Gasteiger partial charge in [0.15, 0.2) is 5.84 Å². The minimum absolute atomic E-state index is 0.0463. The fourth-order valence-corrected chi connectivity index (χ4v) is 0.896. The Balaban J connectivity index is 3.27. The number of nitrogens with zero attached hydrogens (tertiary/aromatic N) is 2. The molecule has 1 rings (SSSR count). The van der Waals surface area contributed by atoms with E-state index >= 15 is 0 Å². The summed E-state index contributed by atoms with van der Waals surface area (Å²) in [4.78, 5) is 0. The molecule has 0 unspecified atom stereocenters. The van der Waals surface area contributed by atoms with E-state index in [1.807, 2.05) is 0 Å². The van der Waals surface area contributed by atoms with Gasteiger partial charge in [0.05, 0.1) is 0 Å². The van der Waals surface area contributed by atoms with Crippen molar-refractivity contribution in [1.29, 1.82) is 10.8 Å². The highest BCUT2D eigenvalue weighted by atomic mass is 35.5. The first kappa shape index (κ1) is 10.8. The SMILES string of the molecule is CC(F)(F)C(=N)n1nc(Cl)ccc1=N. The molecule has 1 aromatic heterocycles. The van der Waals surface area contributed by atoms with Crippen LogP contribution in [0.15, 0.2) is 12.1 Å². The fourth-order valence-electron chi connectivity index (χ4n) is 0.757. The fraction of sp³-hybridized carbons (Fsp3) is 0.286. The number of halogens is 3. The molecule has 0 spiro atoms. The average Bonchev–Trinajstić information content (AvgIpc) is 2.06. The lowest BCUT2D eigenvalue weighted by molar-refractivity contribution is 0.0940. The van der Waals surface area contributed by atoms with Gasteiger partial charge in [-0.2, -0.15) is 18.6 Å². The number of hydrogen-bond donors (Lipinski definition) is 2. The highest BCUT2D eigenvalue weighted by Crippen LogP contribution is 2.13. The van der Waals surface area contributed by atoms with Crippen LogP contribution >= 0.6 is 11.6 Å². The molecule has 2 N–H and O–H groups in total. The van der Waals surface area contributed by atoms with Crippen molar-refractivity contribution in [3.63, 3.8) is 0 Å². The van der Waals surface area contributed by atoms with Crippen LogP contribution in [0.2, 0.25) is 5.15 Å². The van der Waals surface area contributed by atoms with Crippen molar-refractivity contribution < 1.29 is 8.78 Å². The smallest absolute Gasteiger partial charge is 0.283 e. The minimum Gasteiger partial charge on any atom is -0.283 e. The lowest BCUT2D eigenvalue weighted by Crippen LogP contribution is -2.39. The predicted molar refractivity (Wildman–Crippen MR) is 46.8 cm³/mol. The second kappa shape index (κ2) is 3.45. The molecular formula is C7H7ClF2N4. The lowest BCUT2D eigenvalue weighted by Gasteiger charge is -2.13. The summed E-state index contributed by atoms with van der Waals surface area (Å²) < 4.78 is 25.9. The van der Waals surface area contributed by atoms with Crippen LogP contribution in [0.1, 0.15) is 6.92 Å². The summed E-state index contributed by atoms with van der Waals surface area (Å²) in [5.41, 5.74) is -0.319. The second-order valence-corrected chi connectivity index (χ2v) is 3.08. The van der Waals surface area contributed by atoms with Gasteiger partial charge in [-0.05, 0) is 12.1 Å². The van der Waals surface area contributed by atoms with Gasteiger partial charge in [-0.15, -0.1) is 0 Å². The highest BCUT2D eigenvalue weighted by molar-refractivity contribution is 6.29. The van der Waals surface area contributed by atoms with Gasteiger partial charge >= 0.3 is 5.92 Å². The van der Waals surface area contributed by atoms with Crippen molar-refractivity contribution in [2.24, 2.45) is 0 Å². The Bertz CT molecular complexity index is 420. The summed E-state index contributed by atoms with van der Waals surface area (Å²) in [6.07, 6.45) is 0. The zero-order valence-electron chi connectivity index (χ0n) is 7.18. The van der Waals surface area contributed by atoms with Gasteiger partial charge in [-0.1, -0.05) is 11.6 Å². The Hall–Kier alpha value is -1.30. The molecule has 0 saturated carbocycles. The molecule has 0 saturated heterocycles. The molecule has 0 fully saturated rings. The van der Waals surface area contributed by atoms with E-state index in [2.05, 4.69) is 5.10 Å². The Kier molecular flexibility index (Phi) is 2.66. The van der Waals surface area contributed by atoms with Crippen molar-refractivity contribution in [3.8, 4) is 0 Å². The molecule has 4 nitrogen and oxygen atoms in total. The summed E-state index contributed by atoms with van der Waals surface area (Å²) in [7, 11) is 0. The van der Waals surface area contributed by atoms with Gasteiger partial charge in [0.2, 0.25) is 0 Å². The highest BCUT2D eigenvalue weighted by Gasteiger charge is 2.30. The van der Waals surface area contributed by atoms with E-state index in [0.29, 0.717) is 11.6 Å². The summed E-state index contributed by atoms with van der Waals surface area (Å²) in [5, 5.41) is 17.7. The predicted octanol–water partition coefficient (Wildman–Crippen LogP) is 1.50. The zero-order chi connectivity index (χ0) is 10.9. The van der Waals surface area contributed by atoms with Gasteiger partial charge in [0, 0.05) is 6.92 Å². The van der Waals surface area contributed by atoms with Crippen LogP contribution in [0.5, 0.6) is 0 Å². The largest absolute Gasteiger partial charge is 0.303 e. The van der Waals surface area contributed by atoms with E-state index in [-0.39, 0.29) is 10.6 Å². The number of alkyl halides is 2. The van der Waals surface area contributed by atoms with E-state index in [4.69, 9.17) is 22.4 Å². The van der Waals surface area contributed by atoms with Gasteiger partial charge < -0.3 is 0 Å². The average molecular weight is 221 g/mol. The molecule has 0 aliphatic heterocycles. The first-order valence-electron chi connectivity index (χ1n) is 3.60. The molecule has 7 heteroatoms. The van der Waals surface area contributed by atoms with Gasteiger partial charge in [-0.25, -0.2) is 0 Å². The maximum Gasteiger partial charge on any atom is 0.303 e. The lowest BCUT2D eigenvalue weighted by atomic mass is 10.3. The van der Waals surface area contributed by atoms with Crippen LogP contribution in [0, 0.1) is 10.8 Å². The molecule has 76 valence electrons. The molecule has 0 amide bonds. The molecule has 0 bridgehead atoms. The van der Waals surface area contributed by atoms with Crippen molar-refractivity contribution in [2.75, 3.05) is 0 Å². The van der Waals surface area contributed by atoms with E-state index in [9.17, 15) is 8.78 Å². The molecule has 0 aliphatic rings. The zero-order valence-corrected chi connectivity index (χ0v) is 7.94. The van der Waals surface area contributed by atoms with Crippen molar-refractivity contribution in [2.45, 2.75) is 12.8 Å². The summed E-state index contributed by atoms with van der Waals surface area (Å²) in [5.74, 6) is -4.43. The number of rotatable bonds is 1. The maximum absolute atomic E-state index is 12.7. The van der Waals surface area contributed by atoms with Crippen molar-refractivity contribution >= 4 is 17.4 Å². The van der Waals surface area contributed by atoms with Crippen molar-refractivity contribution in [3.05, 3.63) is 22.8 Å². The van der Waals surface area contributed by atoms with E-state index in [1.54, 1.807) is 0 Å². The van der Waals surface area contributed by atoms with Gasteiger partial charge in [-0.3, -0.25) is 10.8 Å². The molecule has 1 heterocycles. The first-order valence-corrected chi connectivity index (χ1v) is 3.98. The molecular weight excluding hydrogens is 214 g/mol. The van der Waals surface area contributed by atoms with E-state index in [1.165, 1.54) is 12.1 Å². The van der Waals surface area contributed by atoms with Crippen LogP contribution in [-0.4, -0.2) is 21.5 Å². The Morgan fingerprint density at radius 1 is 1.57 bits per heavy atom. The standard InChI is InChI=1S/C7H7ClF2N4/c1-7(9,10)6(12)14-5(11)3-2-4(8)13-14/h2-3,11-12H,1H3. The van der Waals surface area contributed by atoms with Crippen molar-refractivity contribution in [1.82, 2.24) is 9.78 Å². The molecule has 0 atom stereocenters. The summed E-state index contributed by atoms with van der Waals surface area (Å²) in [6.45, 7) is 0.560. The Morgan fingerprint density at radius 2 is 2.14 bits per heavy atom. The second-order valence-electron chi connectivity index (χ2n) is 2.69. The van der Waals surface area contributed by atoms with E-state index in [0.717, 1.165) is 0 Å². The van der Waals surface area contributed by atoms with Crippen LogP contribution in [0.25, 0.3) is 0 Å². The Morgan fingerprint density at radius 3 is 2.64 bits per heavy atom. The van der Waals surface area contributed by atoms with Gasteiger partial charge in [0.25, 0.3) is 0 Å². The number of aromatic nitrogens is 2. The molecule has 0 radical (unpaired) electrons. The topological polar surface area (TPSA) is 65.5 Å².